The van der Waals surface area contributed by atoms with Crippen molar-refractivity contribution in [2.45, 2.75) is 19.4 Å². The number of amides is 1. The summed E-state index contributed by atoms with van der Waals surface area (Å²) >= 11 is 3.36. The highest BCUT2D eigenvalue weighted by atomic mass is 79.9. The molecule has 1 aromatic heterocycles. The SMILES string of the molecule is CC(C)(NC(=O)c1cccc(Br)c1)c1ccccn1. The zero-order valence-electron chi connectivity index (χ0n) is 10.9. The number of nitrogens with zero attached hydrogens (tertiary/aromatic N) is 1. The maximum atomic E-state index is 12.2. The molecule has 19 heavy (non-hydrogen) atoms. The second kappa shape index (κ2) is 5.53. The number of carbonyl (C=O) groups excluding carboxylic acids is 1. The molecule has 1 heterocycles. The van der Waals surface area contributed by atoms with Crippen LogP contribution in [0.1, 0.15) is 29.9 Å². The van der Waals surface area contributed by atoms with E-state index in [4.69, 9.17) is 0 Å². The van der Waals surface area contributed by atoms with Gasteiger partial charge in [0.2, 0.25) is 0 Å². The van der Waals surface area contributed by atoms with Crippen LogP contribution in [0.25, 0.3) is 0 Å². The lowest BCUT2D eigenvalue weighted by Crippen LogP contribution is -2.41. The third-order valence-corrected chi connectivity index (χ3v) is 3.31. The van der Waals surface area contributed by atoms with E-state index >= 15 is 0 Å². The van der Waals surface area contributed by atoms with Gasteiger partial charge in [-0.15, -0.1) is 0 Å². The first-order chi connectivity index (χ1) is 8.99. The van der Waals surface area contributed by atoms with Crippen molar-refractivity contribution in [3.63, 3.8) is 0 Å². The minimum atomic E-state index is -0.513. The number of rotatable bonds is 3. The van der Waals surface area contributed by atoms with Gasteiger partial charge in [0.15, 0.2) is 0 Å². The lowest BCUT2D eigenvalue weighted by molar-refractivity contribution is 0.0910. The van der Waals surface area contributed by atoms with Crippen LogP contribution in [0.5, 0.6) is 0 Å². The van der Waals surface area contributed by atoms with Crippen LogP contribution in [0.3, 0.4) is 0 Å². The van der Waals surface area contributed by atoms with Gasteiger partial charge in [-0.05, 0) is 44.2 Å². The standard InChI is InChI=1S/C15H15BrN2O/c1-15(2,13-8-3-4-9-17-13)18-14(19)11-6-5-7-12(16)10-11/h3-10H,1-2H3,(H,18,19). The first-order valence-electron chi connectivity index (χ1n) is 5.98. The average molecular weight is 319 g/mol. The van der Waals surface area contributed by atoms with E-state index in [0.717, 1.165) is 10.2 Å². The van der Waals surface area contributed by atoms with E-state index < -0.39 is 5.54 Å². The maximum absolute atomic E-state index is 12.2. The van der Waals surface area contributed by atoms with Crippen molar-refractivity contribution in [1.29, 1.82) is 0 Å². The quantitative estimate of drug-likeness (QED) is 0.941. The molecule has 0 atom stereocenters. The van der Waals surface area contributed by atoms with Crippen molar-refractivity contribution >= 4 is 21.8 Å². The summed E-state index contributed by atoms with van der Waals surface area (Å²) in [6, 6.07) is 13.0. The normalized spacial score (nSPS) is 11.1. The van der Waals surface area contributed by atoms with Crippen LogP contribution in [0.2, 0.25) is 0 Å². The molecule has 98 valence electrons. The van der Waals surface area contributed by atoms with Crippen molar-refractivity contribution in [1.82, 2.24) is 10.3 Å². The molecular weight excluding hydrogens is 304 g/mol. The Morgan fingerprint density at radius 2 is 2.00 bits per heavy atom. The molecule has 0 aliphatic heterocycles. The van der Waals surface area contributed by atoms with Gasteiger partial charge in [-0.25, -0.2) is 0 Å². The number of nitrogens with one attached hydrogen (secondary N) is 1. The zero-order valence-corrected chi connectivity index (χ0v) is 12.4. The van der Waals surface area contributed by atoms with Crippen LogP contribution in [0.4, 0.5) is 0 Å². The number of aromatic nitrogens is 1. The van der Waals surface area contributed by atoms with Crippen molar-refractivity contribution in [3.05, 3.63) is 64.4 Å². The predicted molar refractivity (Wildman–Crippen MR) is 78.9 cm³/mol. The Bertz CT molecular complexity index is 582. The topological polar surface area (TPSA) is 42.0 Å². The molecule has 0 unspecified atom stereocenters. The van der Waals surface area contributed by atoms with Gasteiger partial charge in [-0.2, -0.15) is 0 Å². The summed E-state index contributed by atoms with van der Waals surface area (Å²) < 4.78 is 0.885. The predicted octanol–water partition coefficient (Wildman–Crippen LogP) is 3.51. The molecule has 0 bridgehead atoms. The third-order valence-electron chi connectivity index (χ3n) is 2.82. The zero-order chi connectivity index (χ0) is 13.9. The highest BCUT2D eigenvalue weighted by Gasteiger charge is 2.24. The molecule has 1 aromatic carbocycles. The number of halogens is 1. The van der Waals surface area contributed by atoms with E-state index in [-0.39, 0.29) is 5.91 Å². The summed E-state index contributed by atoms with van der Waals surface area (Å²) in [4.78, 5) is 16.5. The number of carbonyl (C=O) groups is 1. The third kappa shape index (κ3) is 3.41. The molecule has 2 aromatic rings. The van der Waals surface area contributed by atoms with Crippen LogP contribution in [0.15, 0.2) is 53.1 Å². The second-order valence-corrected chi connectivity index (χ2v) is 5.72. The van der Waals surface area contributed by atoms with Gasteiger partial charge in [0.25, 0.3) is 5.91 Å². The van der Waals surface area contributed by atoms with Crippen molar-refractivity contribution in [2.75, 3.05) is 0 Å². The summed E-state index contributed by atoms with van der Waals surface area (Å²) in [5.41, 5.74) is 0.942. The lowest BCUT2D eigenvalue weighted by atomic mass is 9.99. The Balaban J connectivity index is 2.19. The van der Waals surface area contributed by atoms with Gasteiger partial charge in [-0.3, -0.25) is 9.78 Å². The van der Waals surface area contributed by atoms with E-state index in [1.807, 2.05) is 44.2 Å². The molecule has 0 radical (unpaired) electrons. The monoisotopic (exact) mass is 318 g/mol. The van der Waals surface area contributed by atoms with E-state index in [1.165, 1.54) is 0 Å². The summed E-state index contributed by atoms with van der Waals surface area (Å²) in [6.45, 7) is 3.87. The molecule has 0 saturated heterocycles. The Hall–Kier alpha value is -1.68. The molecule has 0 fully saturated rings. The molecule has 0 spiro atoms. The molecule has 4 heteroatoms. The molecule has 1 N–H and O–H groups in total. The van der Waals surface area contributed by atoms with Gasteiger partial charge in [0.05, 0.1) is 11.2 Å². The van der Waals surface area contributed by atoms with E-state index in [1.54, 1.807) is 18.3 Å². The Morgan fingerprint density at radius 3 is 2.63 bits per heavy atom. The smallest absolute Gasteiger partial charge is 0.252 e. The second-order valence-electron chi connectivity index (χ2n) is 4.80. The van der Waals surface area contributed by atoms with Crippen LogP contribution in [-0.2, 0) is 5.54 Å². The van der Waals surface area contributed by atoms with Crippen LogP contribution < -0.4 is 5.32 Å². The van der Waals surface area contributed by atoms with Crippen LogP contribution in [0, 0.1) is 0 Å². The lowest BCUT2D eigenvalue weighted by Gasteiger charge is -2.25. The molecule has 2 rings (SSSR count). The minimum Gasteiger partial charge on any atom is -0.342 e. The fourth-order valence-electron chi connectivity index (χ4n) is 1.78. The summed E-state index contributed by atoms with van der Waals surface area (Å²) in [6.07, 6.45) is 1.72. The number of benzene rings is 1. The van der Waals surface area contributed by atoms with Crippen molar-refractivity contribution in [2.24, 2.45) is 0 Å². The van der Waals surface area contributed by atoms with Crippen molar-refractivity contribution < 1.29 is 4.79 Å². The molecule has 0 aliphatic carbocycles. The largest absolute Gasteiger partial charge is 0.342 e. The first kappa shape index (κ1) is 13.7. The summed E-state index contributed by atoms with van der Waals surface area (Å²) in [7, 11) is 0. The van der Waals surface area contributed by atoms with E-state index in [0.29, 0.717) is 5.56 Å². The van der Waals surface area contributed by atoms with E-state index in [2.05, 4.69) is 26.2 Å². The number of hydrogen-bond acceptors (Lipinski definition) is 2. The molecular formula is C15H15BrN2O. The van der Waals surface area contributed by atoms with Gasteiger partial charge in [0, 0.05) is 16.2 Å². The van der Waals surface area contributed by atoms with Crippen LogP contribution >= 0.6 is 15.9 Å². The highest BCUT2D eigenvalue weighted by Crippen LogP contribution is 2.19. The molecule has 0 aliphatic rings. The minimum absolute atomic E-state index is 0.114. The van der Waals surface area contributed by atoms with Gasteiger partial charge >= 0.3 is 0 Å². The fraction of sp³-hybridized carbons (Fsp3) is 0.200. The van der Waals surface area contributed by atoms with Gasteiger partial charge in [0.1, 0.15) is 0 Å². The van der Waals surface area contributed by atoms with Gasteiger partial charge < -0.3 is 5.32 Å². The summed E-state index contributed by atoms with van der Waals surface area (Å²) in [5.74, 6) is -0.114. The fourth-order valence-corrected chi connectivity index (χ4v) is 2.18. The Morgan fingerprint density at radius 1 is 1.21 bits per heavy atom. The molecule has 3 nitrogen and oxygen atoms in total. The highest BCUT2D eigenvalue weighted by molar-refractivity contribution is 9.10. The molecule has 1 amide bonds. The van der Waals surface area contributed by atoms with Gasteiger partial charge in [-0.1, -0.05) is 28.1 Å². The molecule has 0 saturated carbocycles. The maximum Gasteiger partial charge on any atom is 0.252 e. The van der Waals surface area contributed by atoms with E-state index in [9.17, 15) is 4.79 Å². The number of pyridine rings is 1. The summed E-state index contributed by atoms with van der Waals surface area (Å²) in [5, 5.41) is 2.99. The Labute approximate surface area is 121 Å². The van der Waals surface area contributed by atoms with Crippen molar-refractivity contribution in [3.8, 4) is 0 Å². The Kier molecular flexibility index (Phi) is 4.00. The average Bonchev–Trinajstić information content (AvgIpc) is 2.39. The number of hydrogen-bond donors (Lipinski definition) is 1. The van der Waals surface area contributed by atoms with Crippen LogP contribution in [-0.4, -0.2) is 10.9 Å². The first-order valence-corrected chi connectivity index (χ1v) is 6.78.